The summed E-state index contributed by atoms with van der Waals surface area (Å²) in [6.07, 6.45) is 1.56. The second-order valence-electron chi connectivity index (χ2n) is 3.56. The van der Waals surface area contributed by atoms with Gasteiger partial charge in [-0.05, 0) is 29.8 Å². The standard InChI is InChI=1S/C13H10ClNO2S/c14-10-4-1-3-9(7-10)8-18-12-11(13(16)17)5-2-6-15-12/h1-7H,8H2,(H,16,17)/p-1. The Bertz CT molecular complexity index is 574. The lowest BCUT2D eigenvalue weighted by Gasteiger charge is -2.08. The van der Waals surface area contributed by atoms with Crippen LogP contribution in [0.2, 0.25) is 5.02 Å². The summed E-state index contributed by atoms with van der Waals surface area (Å²) in [5.74, 6) is -0.602. The van der Waals surface area contributed by atoms with E-state index in [4.69, 9.17) is 11.6 Å². The first-order valence-corrected chi connectivity index (χ1v) is 6.57. The molecule has 0 atom stereocenters. The third-order valence-electron chi connectivity index (χ3n) is 2.26. The largest absolute Gasteiger partial charge is 0.545 e. The van der Waals surface area contributed by atoms with E-state index in [9.17, 15) is 9.90 Å². The quantitative estimate of drug-likeness (QED) is 0.806. The molecule has 0 radical (unpaired) electrons. The Morgan fingerprint density at radius 1 is 1.33 bits per heavy atom. The molecule has 1 aromatic carbocycles. The number of halogens is 1. The Morgan fingerprint density at radius 2 is 2.17 bits per heavy atom. The summed E-state index contributed by atoms with van der Waals surface area (Å²) in [5, 5.41) is 12.0. The maximum Gasteiger partial charge on any atom is 0.105 e. The summed E-state index contributed by atoms with van der Waals surface area (Å²) in [4.78, 5) is 14.9. The van der Waals surface area contributed by atoms with Gasteiger partial charge in [-0.3, -0.25) is 0 Å². The van der Waals surface area contributed by atoms with Gasteiger partial charge in [0.25, 0.3) is 0 Å². The van der Waals surface area contributed by atoms with E-state index in [2.05, 4.69) is 4.98 Å². The summed E-state index contributed by atoms with van der Waals surface area (Å²) in [7, 11) is 0. The first kappa shape index (κ1) is 12.9. The highest BCUT2D eigenvalue weighted by atomic mass is 35.5. The molecule has 5 heteroatoms. The van der Waals surface area contributed by atoms with Crippen LogP contribution in [0.15, 0.2) is 47.6 Å². The number of carboxylic acid groups (broad SMARTS) is 1. The molecule has 0 saturated carbocycles. The molecule has 0 spiro atoms. The number of thioether (sulfide) groups is 1. The summed E-state index contributed by atoms with van der Waals surface area (Å²) in [6.45, 7) is 0. The maximum atomic E-state index is 10.9. The number of carbonyl (C=O) groups is 1. The molecular formula is C13H9ClNO2S-. The van der Waals surface area contributed by atoms with Gasteiger partial charge in [-0.1, -0.05) is 23.7 Å². The van der Waals surface area contributed by atoms with Gasteiger partial charge < -0.3 is 9.90 Å². The molecule has 0 saturated heterocycles. The summed E-state index contributed by atoms with van der Waals surface area (Å²) in [6, 6.07) is 10.5. The minimum absolute atomic E-state index is 0.115. The van der Waals surface area contributed by atoms with Gasteiger partial charge in [-0.25, -0.2) is 4.98 Å². The predicted molar refractivity (Wildman–Crippen MR) is 69.6 cm³/mol. The zero-order chi connectivity index (χ0) is 13.0. The lowest BCUT2D eigenvalue weighted by molar-refractivity contribution is -0.255. The van der Waals surface area contributed by atoms with Crippen molar-refractivity contribution < 1.29 is 9.90 Å². The van der Waals surface area contributed by atoms with E-state index in [1.54, 1.807) is 18.3 Å². The van der Waals surface area contributed by atoms with E-state index in [-0.39, 0.29) is 5.56 Å². The van der Waals surface area contributed by atoms with Gasteiger partial charge in [0.15, 0.2) is 0 Å². The summed E-state index contributed by atoms with van der Waals surface area (Å²) < 4.78 is 0. The van der Waals surface area contributed by atoms with Crippen LogP contribution in [0.5, 0.6) is 0 Å². The summed E-state index contributed by atoms with van der Waals surface area (Å²) >= 11 is 7.23. The first-order valence-electron chi connectivity index (χ1n) is 5.20. The molecule has 0 aliphatic rings. The van der Waals surface area contributed by atoms with Crippen LogP contribution >= 0.6 is 23.4 Å². The number of nitrogens with zero attached hydrogens (tertiary/aromatic N) is 1. The molecule has 0 amide bonds. The molecule has 3 nitrogen and oxygen atoms in total. The van der Waals surface area contributed by atoms with Crippen LogP contribution in [0, 0.1) is 0 Å². The number of pyridine rings is 1. The molecule has 2 aromatic rings. The fraction of sp³-hybridized carbons (Fsp3) is 0.0769. The Balaban J connectivity index is 2.13. The van der Waals surface area contributed by atoms with Crippen molar-refractivity contribution in [1.29, 1.82) is 0 Å². The highest BCUT2D eigenvalue weighted by Gasteiger charge is 2.05. The smallest absolute Gasteiger partial charge is 0.105 e. The van der Waals surface area contributed by atoms with Gasteiger partial charge >= 0.3 is 0 Å². The SMILES string of the molecule is O=C([O-])c1cccnc1SCc1cccc(Cl)c1. The first-order chi connectivity index (χ1) is 8.66. The second kappa shape index (κ2) is 5.89. The Morgan fingerprint density at radius 3 is 2.89 bits per heavy atom. The van der Waals surface area contributed by atoms with Crippen LogP contribution in [0.4, 0.5) is 0 Å². The van der Waals surface area contributed by atoms with Crippen LogP contribution < -0.4 is 5.11 Å². The van der Waals surface area contributed by atoms with Crippen molar-refractivity contribution in [2.45, 2.75) is 10.8 Å². The van der Waals surface area contributed by atoms with Crippen molar-refractivity contribution in [3.8, 4) is 0 Å². The number of carbonyl (C=O) groups excluding carboxylic acids is 1. The Hall–Kier alpha value is -1.52. The van der Waals surface area contributed by atoms with Crippen LogP contribution in [0.25, 0.3) is 0 Å². The number of carboxylic acids is 1. The zero-order valence-corrected chi connectivity index (χ0v) is 10.9. The topological polar surface area (TPSA) is 53.0 Å². The number of aromatic nitrogens is 1. The van der Waals surface area contributed by atoms with Crippen LogP contribution in [0.1, 0.15) is 15.9 Å². The number of aromatic carboxylic acids is 1. The van der Waals surface area contributed by atoms with Crippen molar-refractivity contribution in [3.05, 3.63) is 58.7 Å². The normalized spacial score (nSPS) is 10.3. The molecule has 0 bridgehead atoms. The number of benzene rings is 1. The predicted octanol–water partition coefficient (Wildman–Crippen LogP) is 2.39. The van der Waals surface area contributed by atoms with Gasteiger partial charge in [0, 0.05) is 22.5 Å². The minimum Gasteiger partial charge on any atom is -0.545 e. The third kappa shape index (κ3) is 3.24. The molecule has 0 aliphatic heterocycles. The maximum absolute atomic E-state index is 10.9. The van der Waals surface area contributed by atoms with E-state index in [0.717, 1.165) is 5.56 Å². The average molecular weight is 279 g/mol. The van der Waals surface area contributed by atoms with Crippen molar-refractivity contribution in [2.24, 2.45) is 0 Å². The molecule has 0 fully saturated rings. The number of hydrogen-bond acceptors (Lipinski definition) is 4. The molecule has 92 valence electrons. The number of hydrogen-bond donors (Lipinski definition) is 0. The van der Waals surface area contributed by atoms with Crippen LogP contribution in [-0.4, -0.2) is 11.0 Å². The van der Waals surface area contributed by atoms with E-state index < -0.39 is 5.97 Å². The highest BCUT2D eigenvalue weighted by molar-refractivity contribution is 7.98. The third-order valence-corrected chi connectivity index (χ3v) is 3.57. The fourth-order valence-electron chi connectivity index (χ4n) is 1.44. The van der Waals surface area contributed by atoms with Crippen LogP contribution in [0.3, 0.4) is 0 Å². The molecule has 1 aromatic heterocycles. The molecular weight excluding hydrogens is 270 g/mol. The highest BCUT2D eigenvalue weighted by Crippen LogP contribution is 2.24. The van der Waals surface area contributed by atoms with E-state index in [1.165, 1.54) is 17.8 Å². The van der Waals surface area contributed by atoms with Gasteiger partial charge in [0.2, 0.25) is 0 Å². The van der Waals surface area contributed by atoms with Crippen molar-refractivity contribution in [1.82, 2.24) is 4.98 Å². The fourth-order valence-corrected chi connectivity index (χ4v) is 2.58. The molecule has 18 heavy (non-hydrogen) atoms. The molecule has 2 rings (SSSR count). The van der Waals surface area contributed by atoms with Crippen molar-refractivity contribution >= 4 is 29.3 Å². The minimum atomic E-state index is -1.21. The lowest BCUT2D eigenvalue weighted by Crippen LogP contribution is -2.23. The second-order valence-corrected chi connectivity index (χ2v) is 4.96. The van der Waals surface area contributed by atoms with Crippen molar-refractivity contribution in [2.75, 3.05) is 0 Å². The van der Waals surface area contributed by atoms with E-state index in [0.29, 0.717) is 15.8 Å². The number of rotatable bonds is 4. The van der Waals surface area contributed by atoms with Gasteiger partial charge in [0.05, 0.1) is 5.97 Å². The Labute approximate surface area is 114 Å². The molecule has 0 aliphatic carbocycles. The lowest BCUT2D eigenvalue weighted by atomic mass is 10.2. The summed E-state index contributed by atoms with van der Waals surface area (Å²) in [5.41, 5.74) is 1.13. The average Bonchev–Trinajstić information content (AvgIpc) is 2.37. The molecule has 1 heterocycles. The monoisotopic (exact) mass is 278 g/mol. The molecule has 0 unspecified atom stereocenters. The zero-order valence-electron chi connectivity index (χ0n) is 9.30. The Kier molecular flexibility index (Phi) is 4.23. The van der Waals surface area contributed by atoms with E-state index >= 15 is 0 Å². The molecule has 0 N–H and O–H groups in total. The van der Waals surface area contributed by atoms with Crippen molar-refractivity contribution in [3.63, 3.8) is 0 Å². The van der Waals surface area contributed by atoms with E-state index in [1.807, 2.05) is 18.2 Å². The van der Waals surface area contributed by atoms with Gasteiger partial charge in [0.1, 0.15) is 5.03 Å². The van der Waals surface area contributed by atoms with Crippen LogP contribution in [-0.2, 0) is 5.75 Å². The van der Waals surface area contributed by atoms with Gasteiger partial charge in [-0.15, -0.1) is 11.8 Å². The van der Waals surface area contributed by atoms with Gasteiger partial charge in [-0.2, -0.15) is 0 Å².